The van der Waals surface area contributed by atoms with Crippen molar-refractivity contribution in [1.29, 1.82) is 5.26 Å². The molecular weight excluding hydrogens is 136 g/mol. The van der Waals surface area contributed by atoms with Gasteiger partial charge >= 0.3 is 0 Å². The lowest BCUT2D eigenvalue weighted by atomic mass is 9.98. The van der Waals surface area contributed by atoms with Crippen LogP contribution in [-0.4, -0.2) is 24.0 Å². The van der Waals surface area contributed by atoms with Crippen LogP contribution in [0.1, 0.15) is 26.7 Å². The summed E-state index contributed by atoms with van der Waals surface area (Å²) in [6.07, 6.45) is 1.96. The molecule has 0 aromatic carbocycles. The van der Waals surface area contributed by atoms with Crippen molar-refractivity contribution in [1.82, 2.24) is 4.90 Å². The van der Waals surface area contributed by atoms with Crippen molar-refractivity contribution in [2.24, 2.45) is 0 Å². The van der Waals surface area contributed by atoms with Crippen LogP contribution in [-0.2, 0) is 0 Å². The van der Waals surface area contributed by atoms with Gasteiger partial charge in [-0.2, -0.15) is 5.26 Å². The molecule has 1 heterocycles. The molecule has 0 unspecified atom stereocenters. The summed E-state index contributed by atoms with van der Waals surface area (Å²) in [5.41, 5.74) is 0. The number of hydrogen-bond donors (Lipinski definition) is 0. The summed E-state index contributed by atoms with van der Waals surface area (Å²) < 4.78 is 0. The average Bonchev–Trinajstić information content (AvgIpc) is 2.05. The van der Waals surface area contributed by atoms with Crippen molar-refractivity contribution in [2.45, 2.75) is 32.7 Å². The van der Waals surface area contributed by atoms with Crippen LogP contribution in [0.5, 0.6) is 0 Å². The molecule has 61 valence electrons. The van der Waals surface area contributed by atoms with Crippen molar-refractivity contribution in [2.75, 3.05) is 13.1 Å². The third-order valence-electron chi connectivity index (χ3n) is 2.29. The van der Waals surface area contributed by atoms with Crippen LogP contribution in [0.15, 0.2) is 0 Å². The molecule has 1 aliphatic heterocycles. The van der Waals surface area contributed by atoms with Gasteiger partial charge in [-0.1, -0.05) is 0 Å². The zero-order chi connectivity index (χ0) is 8.27. The van der Waals surface area contributed by atoms with Crippen molar-refractivity contribution >= 4 is 0 Å². The molecule has 0 amide bonds. The predicted octanol–water partition coefficient (Wildman–Crippen LogP) is 1.59. The minimum atomic E-state index is 0.634. The van der Waals surface area contributed by atoms with Gasteiger partial charge in [0.2, 0.25) is 0 Å². The Morgan fingerprint density at radius 2 is 1.91 bits per heavy atom. The fraction of sp³-hybridized carbons (Fsp3) is 0.778. The van der Waals surface area contributed by atoms with Crippen LogP contribution in [0, 0.1) is 17.2 Å². The first-order valence-electron chi connectivity index (χ1n) is 4.23. The Morgan fingerprint density at radius 3 is 2.27 bits per heavy atom. The summed E-state index contributed by atoms with van der Waals surface area (Å²) >= 11 is 0. The van der Waals surface area contributed by atoms with Crippen LogP contribution in [0.4, 0.5) is 0 Å². The largest absolute Gasteiger partial charge is 0.301 e. The molecule has 0 saturated carbocycles. The topological polar surface area (TPSA) is 27.0 Å². The van der Waals surface area contributed by atoms with E-state index in [1.165, 1.54) is 0 Å². The first-order chi connectivity index (χ1) is 5.24. The summed E-state index contributed by atoms with van der Waals surface area (Å²) in [5, 5.41) is 8.61. The molecule has 0 aliphatic carbocycles. The summed E-state index contributed by atoms with van der Waals surface area (Å²) in [7, 11) is 0. The van der Waals surface area contributed by atoms with Crippen molar-refractivity contribution in [3.8, 4) is 6.07 Å². The highest BCUT2D eigenvalue weighted by Gasteiger charge is 2.20. The molecule has 0 aromatic heterocycles. The van der Waals surface area contributed by atoms with E-state index < -0.39 is 0 Å². The first kappa shape index (κ1) is 8.55. The molecule has 1 rings (SSSR count). The van der Waals surface area contributed by atoms with Crippen LogP contribution in [0.2, 0.25) is 0 Å². The maximum atomic E-state index is 8.61. The Labute approximate surface area is 68.8 Å². The fourth-order valence-electron chi connectivity index (χ4n) is 1.42. The highest BCUT2D eigenvalue weighted by atomic mass is 15.1. The summed E-state index contributed by atoms with van der Waals surface area (Å²) in [4.78, 5) is 2.42. The Kier molecular flexibility index (Phi) is 2.90. The lowest BCUT2D eigenvalue weighted by Crippen LogP contribution is -2.37. The number of piperidine rings is 1. The van der Waals surface area contributed by atoms with Gasteiger partial charge in [0.15, 0.2) is 0 Å². The monoisotopic (exact) mass is 151 g/mol. The minimum Gasteiger partial charge on any atom is -0.301 e. The van der Waals surface area contributed by atoms with Crippen LogP contribution in [0.25, 0.3) is 0 Å². The second-order valence-electron chi connectivity index (χ2n) is 3.35. The number of nitrogens with zero attached hydrogens (tertiary/aromatic N) is 2. The molecule has 1 fully saturated rings. The zero-order valence-corrected chi connectivity index (χ0v) is 7.30. The second-order valence-corrected chi connectivity index (χ2v) is 3.35. The highest BCUT2D eigenvalue weighted by Crippen LogP contribution is 2.19. The molecule has 0 bridgehead atoms. The quantitative estimate of drug-likeness (QED) is 0.569. The maximum absolute atomic E-state index is 8.61. The summed E-state index contributed by atoms with van der Waals surface area (Å²) in [5.74, 6) is 1.07. The van der Waals surface area contributed by atoms with Crippen molar-refractivity contribution in [3.63, 3.8) is 0 Å². The molecule has 0 atom stereocenters. The minimum absolute atomic E-state index is 0.634. The normalized spacial score (nSPS) is 22.0. The first-order valence-corrected chi connectivity index (χ1v) is 4.23. The van der Waals surface area contributed by atoms with E-state index in [4.69, 9.17) is 5.26 Å². The molecule has 11 heavy (non-hydrogen) atoms. The number of nitriles is 1. The molecular formula is C9H15N2. The molecule has 0 N–H and O–H groups in total. The third-order valence-corrected chi connectivity index (χ3v) is 2.29. The Hall–Kier alpha value is -0.550. The zero-order valence-electron chi connectivity index (χ0n) is 7.30. The van der Waals surface area contributed by atoms with Gasteiger partial charge in [-0.3, -0.25) is 0 Å². The lowest BCUT2D eigenvalue weighted by Gasteiger charge is -2.31. The van der Waals surface area contributed by atoms with Gasteiger partial charge in [-0.15, -0.1) is 0 Å². The van der Waals surface area contributed by atoms with Gasteiger partial charge in [0.1, 0.15) is 0 Å². The van der Waals surface area contributed by atoms with Crippen molar-refractivity contribution in [3.05, 3.63) is 5.92 Å². The van der Waals surface area contributed by atoms with Crippen LogP contribution >= 0.6 is 0 Å². The van der Waals surface area contributed by atoms with Crippen molar-refractivity contribution < 1.29 is 0 Å². The van der Waals surface area contributed by atoms with Gasteiger partial charge in [-0.05, 0) is 39.8 Å². The number of hydrogen-bond acceptors (Lipinski definition) is 2. The summed E-state index contributed by atoms with van der Waals surface area (Å²) in [6.45, 7) is 6.55. The van der Waals surface area contributed by atoms with E-state index in [1.54, 1.807) is 0 Å². The molecule has 0 aromatic rings. The molecule has 1 saturated heterocycles. The molecule has 2 heteroatoms. The lowest BCUT2D eigenvalue weighted by molar-refractivity contribution is 0.199. The van der Waals surface area contributed by atoms with Crippen LogP contribution < -0.4 is 0 Å². The molecule has 1 radical (unpaired) electrons. The third kappa shape index (κ3) is 2.20. The molecule has 2 nitrogen and oxygen atoms in total. The SMILES string of the molecule is CC(C)N1CC[C](C#N)CC1. The van der Waals surface area contributed by atoms with Gasteiger partial charge in [-0.25, -0.2) is 0 Å². The van der Waals surface area contributed by atoms with E-state index in [1.807, 2.05) is 0 Å². The molecule has 0 spiro atoms. The van der Waals surface area contributed by atoms with E-state index in [9.17, 15) is 0 Å². The highest BCUT2D eigenvalue weighted by molar-refractivity contribution is 5.13. The molecule has 1 aliphatic rings. The van der Waals surface area contributed by atoms with Gasteiger partial charge in [0.05, 0.1) is 12.0 Å². The Bertz CT molecular complexity index is 149. The number of likely N-dealkylation sites (tertiary alicyclic amines) is 1. The summed E-state index contributed by atoms with van der Waals surface area (Å²) in [6, 6.07) is 2.89. The fourth-order valence-corrected chi connectivity index (χ4v) is 1.42. The van der Waals surface area contributed by atoms with Crippen LogP contribution in [0.3, 0.4) is 0 Å². The second kappa shape index (κ2) is 3.73. The van der Waals surface area contributed by atoms with Gasteiger partial charge < -0.3 is 4.90 Å². The number of rotatable bonds is 1. The van der Waals surface area contributed by atoms with E-state index >= 15 is 0 Å². The van der Waals surface area contributed by atoms with Gasteiger partial charge in [0, 0.05) is 6.04 Å². The average molecular weight is 151 g/mol. The maximum Gasteiger partial charge on any atom is 0.0785 e. The van der Waals surface area contributed by atoms with E-state index in [-0.39, 0.29) is 0 Å². The van der Waals surface area contributed by atoms with E-state index in [0.717, 1.165) is 31.8 Å². The van der Waals surface area contributed by atoms with Gasteiger partial charge in [0.25, 0.3) is 0 Å². The predicted molar refractivity (Wildman–Crippen MR) is 44.8 cm³/mol. The smallest absolute Gasteiger partial charge is 0.0785 e. The van der Waals surface area contributed by atoms with E-state index in [0.29, 0.717) is 6.04 Å². The standard InChI is InChI=1S/C9H15N2/c1-8(2)11-5-3-9(7-10)4-6-11/h8H,3-6H2,1-2H3. The Morgan fingerprint density at radius 1 is 1.36 bits per heavy atom. The Balaban J connectivity index is 2.31. The van der Waals surface area contributed by atoms with E-state index in [2.05, 4.69) is 24.8 Å².